The molecular weight excluding hydrogens is 412 g/mol. The normalized spacial score (nSPS) is 22.9. The second kappa shape index (κ2) is 10.8. The molecular formula is C28H32N2O3. The first-order valence-electron chi connectivity index (χ1n) is 11.3. The maximum atomic E-state index is 9.50. The zero-order chi connectivity index (χ0) is 23.2. The van der Waals surface area contributed by atoms with E-state index in [9.17, 15) is 5.11 Å². The Morgan fingerprint density at radius 2 is 1.67 bits per heavy atom. The Kier molecular flexibility index (Phi) is 7.57. The lowest BCUT2D eigenvalue weighted by Gasteiger charge is -2.44. The Bertz CT molecular complexity index is 1040. The van der Waals surface area contributed by atoms with E-state index < -0.39 is 6.29 Å². The summed E-state index contributed by atoms with van der Waals surface area (Å²) in [6, 6.07) is 26.0. The number of aliphatic hydroxyl groups is 1. The molecule has 1 unspecified atom stereocenters. The minimum Gasteiger partial charge on any atom is -0.399 e. The van der Waals surface area contributed by atoms with E-state index in [1.165, 1.54) is 0 Å². The molecule has 172 valence electrons. The summed E-state index contributed by atoms with van der Waals surface area (Å²) in [5, 5.41) is 9.50. The number of rotatable bonds is 8. The van der Waals surface area contributed by atoms with Crippen molar-refractivity contribution in [2.24, 2.45) is 0 Å². The van der Waals surface area contributed by atoms with Crippen LogP contribution in [0.25, 0.3) is 0 Å². The number of nitrogen functional groups attached to an aromatic ring is 1. The Labute approximate surface area is 196 Å². The largest absolute Gasteiger partial charge is 0.399 e. The molecule has 3 N–H and O–H groups in total. The lowest BCUT2D eigenvalue weighted by atomic mass is 9.83. The molecule has 1 aliphatic heterocycles. The molecule has 1 fully saturated rings. The fourth-order valence-corrected chi connectivity index (χ4v) is 4.47. The van der Waals surface area contributed by atoms with Gasteiger partial charge < -0.3 is 25.2 Å². The summed E-state index contributed by atoms with van der Waals surface area (Å²) >= 11 is 0. The van der Waals surface area contributed by atoms with E-state index in [4.69, 9.17) is 15.2 Å². The number of ether oxygens (including phenoxy) is 2. The number of aliphatic hydroxyl groups excluding tert-OH is 1. The maximum Gasteiger partial charge on any atom is 0.185 e. The number of anilines is 1. The molecule has 5 nitrogen and oxygen atoms in total. The van der Waals surface area contributed by atoms with Gasteiger partial charge in [-0.1, -0.05) is 72.8 Å². The minimum absolute atomic E-state index is 0.0118. The first-order chi connectivity index (χ1) is 16.1. The van der Waals surface area contributed by atoms with Crippen LogP contribution in [0.3, 0.4) is 0 Å². The van der Waals surface area contributed by atoms with Crippen molar-refractivity contribution in [3.63, 3.8) is 0 Å². The lowest BCUT2D eigenvalue weighted by Crippen LogP contribution is -2.43. The molecule has 3 aromatic carbocycles. The van der Waals surface area contributed by atoms with Crippen LogP contribution in [-0.2, 0) is 16.1 Å². The standard InChI is InChI=1S/C28H32N2O3/c1-3-16-30(2)18-25-26(21-8-5-4-6-9-21)27(22-14-12-20(19-31)13-15-22)33-28(32-25)23-10-7-11-24(29)17-23/h3-15,17,25-28,31H,1,16,18-19,29H2,2H3/t25-,26-,27+,28?/m1/s1. The van der Waals surface area contributed by atoms with Gasteiger partial charge in [-0.25, -0.2) is 0 Å². The SMILES string of the molecule is C=CCN(C)C[C@H]1OC(c2cccc(N)c2)O[C@@H](c2ccc(CO)cc2)[C@@H]1c1ccccc1. The van der Waals surface area contributed by atoms with Gasteiger partial charge in [0, 0.05) is 30.3 Å². The number of hydrogen-bond acceptors (Lipinski definition) is 5. The van der Waals surface area contributed by atoms with Crippen LogP contribution in [0.15, 0.2) is 91.5 Å². The Morgan fingerprint density at radius 3 is 2.33 bits per heavy atom. The summed E-state index contributed by atoms with van der Waals surface area (Å²) in [4.78, 5) is 2.21. The third kappa shape index (κ3) is 5.52. The summed E-state index contributed by atoms with van der Waals surface area (Å²) in [6.07, 6.45) is 0.998. The van der Waals surface area contributed by atoms with Gasteiger partial charge in [0.1, 0.15) is 0 Å². The van der Waals surface area contributed by atoms with E-state index in [1.807, 2.05) is 60.7 Å². The second-order valence-electron chi connectivity index (χ2n) is 8.58. The van der Waals surface area contributed by atoms with E-state index in [0.717, 1.165) is 35.3 Å². The van der Waals surface area contributed by atoms with Crippen LogP contribution in [0.5, 0.6) is 0 Å². The highest BCUT2D eigenvalue weighted by atomic mass is 16.7. The van der Waals surface area contributed by atoms with Crippen LogP contribution in [0.1, 0.15) is 40.6 Å². The smallest absolute Gasteiger partial charge is 0.185 e. The van der Waals surface area contributed by atoms with Crippen molar-refractivity contribution < 1.29 is 14.6 Å². The highest BCUT2D eigenvalue weighted by molar-refractivity contribution is 5.41. The van der Waals surface area contributed by atoms with E-state index in [1.54, 1.807) is 0 Å². The van der Waals surface area contributed by atoms with E-state index in [0.29, 0.717) is 5.69 Å². The number of likely N-dealkylation sites (N-methyl/N-ethyl adjacent to an activating group) is 1. The number of hydrogen-bond donors (Lipinski definition) is 2. The van der Waals surface area contributed by atoms with Gasteiger partial charge in [0.2, 0.25) is 0 Å². The third-order valence-electron chi connectivity index (χ3n) is 6.09. The minimum atomic E-state index is -0.543. The molecule has 3 aromatic rings. The first-order valence-corrected chi connectivity index (χ1v) is 11.3. The molecule has 0 aromatic heterocycles. The fraction of sp³-hybridized carbons (Fsp3) is 0.286. The molecule has 4 rings (SSSR count). The predicted octanol–water partition coefficient (Wildman–Crippen LogP) is 4.82. The molecule has 0 saturated carbocycles. The number of benzene rings is 3. The van der Waals surface area contributed by atoms with Gasteiger partial charge in [-0.2, -0.15) is 0 Å². The second-order valence-corrected chi connectivity index (χ2v) is 8.58. The molecule has 0 amide bonds. The van der Waals surface area contributed by atoms with Crippen molar-refractivity contribution in [2.45, 2.75) is 31.0 Å². The van der Waals surface area contributed by atoms with Gasteiger partial charge >= 0.3 is 0 Å². The molecule has 0 radical (unpaired) electrons. The van der Waals surface area contributed by atoms with Gasteiger partial charge in [0.05, 0.1) is 18.8 Å². The predicted molar refractivity (Wildman–Crippen MR) is 132 cm³/mol. The maximum absolute atomic E-state index is 9.50. The zero-order valence-electron chi connectivity index (χ0n) is 19.0. The van der Waals surface area contributed by atoms with Crippen LogP contribution in [0, 0.1) is 0 Å². The van der Waals surface area contributed by atoms with Crippen molar-refractivity contribution in [3.8, 4) is 0 Å². The Hall–Kier alpha value is -2.96. The number of nitrogens with zero attached hydrogens (tertiary/aromatic N) is 1. The van der Waals surface area contributed by atoms with Crippen LogP contribution in [0.2, 0.25) is 0 Å². The summed E-state index contributed by atoms with van der Waals surface area (Å²) in [7, 11) is 2.07. The topological polar surface area (TPSA) is 68.0 Å². The molecule has 5 heteroatoms. The molecule has 0 aliphatic carbocycles. The van der Waals surface area contributed by atoms with Crippen LogP contribution in [0.4, 0.5) is 5.69 Å². The van der Waals surface area contributed by atoms with Crippen LogP contribution < -0.4 is 5.73 Å². The van der Waals surface area contributed by atoms with Gasteiger partial charge in [-0.15, -0.1) is 6.58 Å². The molecule has 0 spiro atoms. The highest BCUT2D eigenvalue weighted by Crippen LogP contribution is 2.47. The van der Waals surface area contributed by atoms with Gasteiger partial charge in [0.15, 0.2) is 6.29 Å². The van der Waals surface area contributed by atoms with Crippen LogP contribution >= 0.6 is 0 Å². The van der Waals surface area contributed by atoms with Crippen molar-refractivity contribution in [1.82, 2.24) is 4.90 Å². The molecule has 1 heterocycles. The number of nitrogens with two attached hydrogens (primary N) is 1. The lowest BCUT2D eigenvalue weighted by molar-refractivity contribution is -0.263. The molecule has 4 atom stereocenters. The van der Waals surface area contributed by atoms with Gasteiger partial charge in [-0.3, -0.25) is 0 Å². The summed E-state index contributed by atoms with van der Waals surface area (Å²) in [5.74, 6) is -0.0178. The zero-order valence-corrected chi connectivity index (χ0v) is 19.0. The molecule has 1 saturated heterocycles. The van der Waals surface area contributed by atoms with Crippen molar-refractivity contribution in [2.75, 3.05) is 25.9 Å². The highest BCUT2D eigenvalue weighted by Gasteiger charge is 2.42. The summed E-state index contributed by atoms with van der Waals surface area (Å²) in [5.41, 5.74) is 10.7. The van der Waals surface area contributed by atoms with Gasteiger partial charge in [0.25, 0.3) is 0 Å². The molecule has 0 bridgehead atoms. The quantitative estimate of drug-likeness (QED) is 0.385. The average molecular weight is 445 g/mol. The van der Waals surface area contributed by atoms with Gasteiger partial charge in [-0.05, 0) is 35.9 Å². The molecule has 1 aliphatic rings. The van der Waals surface area contributed by atoms with E-state index >= 15 is 0 Å². The van der Waals surface area contributed by atoms with E-state index in [-0.39, 0.29) is 24.7 Å². The van der Waals surface area contributed by atoms with Crippen molar-refractivity contribution in [1.29, 1.82) is 0 Å². The Balaban J connectivity index is 1.77. The average Bonchev–Trinajstić information content (AvgIpc) is 2.84. The summed E-state index contributed by atoms with van der Waals surface area (Å²) < 4.78 is 13.3. The van der Waals surface area contributed by atoms with Crippen molar-refractivity contribution >= 4 is 5.69 Å². The first kappa shape index (κ1) is 23.2. The fourth-order valence-electron chi connectivity index (χ4n) is 4.47. The Morgan fingerprint density at radius 1 is 0.939 bits per heavy atom. The molecule has 33 heavy (non-hydrogen) atoms. The van der Waals surface area contributed by atoms with Crippen molar-refractivity contribution in [3.05, 3.63) is 114 Å². The van der Waals surface area contributed by atoms with E-state index in [2.05, 4.69) is 42.8 Å². The van der Waals surface area contributed by atoms with Crippen LogP contribution in [-0.4, -0.2) is 36.2 Å². The third-order valence-corrected chi connectivity index (χ3v) is 6.09. The monoisotopic (exact) mass is 444 g/mol. The summed E-state index contributed by atoms with van der Waals surface area (Å²) in [6.45, 7) is 5.38.